The number of carbonyl (C=O) groups is 3. The van der Waals surface area contributed by atoms with Gasteiger partial charge in [0.2, 0.25) is 15.9 Å². The molecule has 6 N–H and O–H groups in total. The molecule has 0 aliphatic heterocycles. The normalized spacial score (nSPS) is 16.3. The zero-order valence-electron chi connectivity index (χ0n) is 31.7. The monoisotopic (exact) mass is 799 g/mol. The number of hydrogen-bond donors (Lipinski definition) is 6. The van der Waals surface area contributed by atoms with E-state index in [0.29, 0.717) is 22.7 Å². The summed E-state index contributed by atoms with van der Waals surface area (Å²) >= 11 is 1.27. The number of hydrogen-bond acceptors (Lipinski definition) is 10. The first kappa shape index (κ1) is 43.2. The lowest BCUT2D eigenvalue weighted by Gasteiger charge is -2.33. The molecule has 15 nitrogen and oxygen atoms in total. The number of carboxylic acid groups (broad SMARTS) is 1. The number of benzene rings is 2. The summed E-state index contributed by atoms with van der Waals surface area (Å²) in [5.74, 6) is -0.710. The number of amides is 4. The molecule has 0 radical (unpaired) electrons. The molecular weight excluding hydrogens is 747 g/mol. The van der Waals surface area contributed by atoms with Gasteiger partial charge in [-0.15, -0.1) is 11.3 Å². The number of aromatic nitrogens is 1. The molecule has 1 aliphatic carbocycles. The van der Waals surface area contributed by atoms with Crippen molar-refractivity contribution in [3.05, 3.63) is 81.8 Å². The number of aliphatic hydroxyl groups is 1. The van der Waals surface area contributed by atoms with Crippen LogP contribution in [0.15, 0.2) is 70.0 Å². The van der Waals surface area contributed by atoms with Gasteiger partial charge in [0.15, 0.2) is 0 Å². The van der Waals surface area contributed by atoms with Crippen molar-refractivity contribution in [1.29, 1.82) is 0 Å². The molecule has 4 rings (SSSR count). The van der Waals surface area contributed by atoms with Gasteiger partial charge >= 0.3 is 12.1 Å². The van der Waals surface area contributed by atoms with E-state index >= 15 is 0 Å². The fourth-order valence-corrected chi connectivity index (χ4v) is 8.91. The predicted molar refractivity (Wildman–Crippen MR) is 210 cm³/mol. The molecule has 4 amide bonds. The van der Waals surface area contributed by atoms with Crippen molar-refractivity contribution in [2.75, 3.05) is 20.1 Å². The van der Waals surface area contributed by atoms with Gasteiger partial charge in [-0.1, -0.05) is 80.7 Å². The Labute approximate surface area is 326 Å². The Hall–Kier alpha value is -4.58. The van der Waals surface area contributed by atoms with Gasteiger partial charge in [0, 0.05) is 25.5 Å². The molecule has 1 saturated carbocycles. The van der Waals surface area contributed by atoms with Gasteiger partial charge in [0.1, 0.15) is 11.0 Å². The lowest BCUT2D eigenvalue weighted by atomic mass is 9.96. The number of carbonyl (C=O) groups excluding carboxylic acids is 2. The van der Waals surface area contributed by atoms with Crippen molar-refractivity contribution in [3.8, 4) is 0 Å². The lowest BCUT2D eigenvalue weighted by molar-refractivity contribution is -0.125. The van der Waals surface area contributed by atoms with Crippen LogP contribution in [0.4, 0.5) is 9.59 Å². The summed E-state index contributed by atoms with van der Waals surface area (Å²) in [7, 11) is -2.52. The van der Waals surface area contributed by atoms with Gasteiger partial charge in [0.05, 0.1) is 41.5 Å². The number of oxime groups is 1. The number of urea groups is 1. The molecule has 2 aromatic carbocycles. The molecule has 5 atom stereocenters. The second kappa shape index (κ2) is 20.4. The molecule has 1 heterocycles. The number of sulfonamides is 1. The van der Waals surface area contributed by atoms with Gasteiger partial charge < -0.3 is 36.3 Å². The third kappa shape index (κ3) is 12.5. The van der Waals surface area contributed by atoms with Crippen LogP contribution in [0.5, 0.6) is 0 Å². The first-order valence-electron chi connectivity index (χ1n) is 18.5. The maximum Gasteiger partial charge on any atom is 0.405 e. The second-order valence-electron chi connectivity index (χ2n) is 14.2. The highest BCUT2D eigenvalue weighted by molar-refractivity contribution is 7.89. The largest absolute Gasteiger partial charge is 0.465 e. The molecular formula is C38H53N7O8S2. The van der Waals surface area contributed by atoms with Crippen molar-refractivity contribution in [1.82, 2.24) is 30.1 Å². The molecule has 0 spiro atoms. The van der Waals surface area contributed by atoms with Crippen molar-refractivity contribution < 1.29 is 38.2 Å². The Kier molecular flexibility index (Phi) is 16.0. The summed E-state index contributed by atoms with van der Waals surface area (Å²) < 4.78 is 29.5. The number of nitrogens with one attached hydrogen (secondary N) is 3. The highest BCUT2D eigenvalue weighted by Crippen LogP contribution is 2.28. The molecule has 3 aromatic rings. The van der Waals surface area contributed by atoms with E-state index in [1.807, 2.05) is 44.2 Å². The summed E-state index contributed by atoms with van der Waals surface area (Å²) in [5, 5.41) is 43.3. The van der Waals surface area contributed by atoms with E-state index in [1.165, 1.54) is 51.0 Å². The number of aliphatic hydroxyl groups excluding tert-OH is 1. The van der Waals surface area contributed by atoms with Gasteiger partial charge in [-0.25, -0.2) is 23.0 Å². The summed E-state index contributed by atoms with van der Waals surface area (Å²) in [6, 6.07) is 12.2. The van der Waals surface area contributed by atoms with Crippen LogP contribution < -0.4 is 16.0 Å². The van der Waals surface area contributed by atoms with E-state index in [1.54, 1.807) is 19.4 Å². The maximum absolute atomic E-state index is 14.1. The molecule has 1 aliphatic rings. The summed E-state index contributed by atoms with van der Waals surface area (Å²) in [5.41, 5.74) is 1.89. The molecule has 300 valence electrons. The van der Waals surface area contributed by atoms with Crippen LogP contribution in [0.25, 0.3) is 0 Å². The second-order valence-corrected chi connectivity index (χ2v) is 17.0. The van der Waals surface area contributed by atoms with E-state index in [-0.39, 0.29) is 42.8 Å². The van der Waals surface area contributed by atoms with Gasteiger partial charge in [-0.2, -0.15) is 4.31 Å². The fraction of sp³-hybridized carbons (Fsp3) is 0.500. The van der Waals surface area contributed by atoms with Crippen LogP contribution in [0.3, 0.4) is 0 Å². The number of rotatable bonds is 19. The first-order chi connectivity index (χ1) is 26.2. The molecule has 0 unspecified atom stereocenters. The van der Waals surface area contributed by atoms with Crippen LogP contribution in [-0.4, -0.2) is 101 Å². The quantitative estimate of drug-likeness (QED) is 0.0557. The molecule has 55 heavy (non-hydrogen) atoms. The van der Waals surface area contributed by atoms with Crippen LogP contribution in [0.2, 0.25) is 0 Å². The predicted octanol–water partition coefficient (Wildman–Crippen LogP) is 4.81. The molecule has 0 bridgehead atoms. The van der Waals surface area contributed by atoms with Crippen molar-refractivity contribution in [2.45, 2.75) is 95.0 Å². The average molecular weight is 800 g/mol. The topological polar surface area (TPSA) is 214 Å². The summed E-state index contributed by atoms with van der Waals surface area (Å²) in [6.07, 6.45) is 3.18. The van der Waals surface area contributed by atoms with E-state index in [2.05, 4.69) is 26.1 Å². The third-order valence-electron chi connectivity index (χ3n) is 9.94. The lowest BCUT2D eigenvalue weighted by Crippen LogP contribution is -2.58. The van der Waals surface area contributed by atoms with Crippen LogP contribution in [-0.2, 0) is 27.8 Å². The summed E-state index contributed by atoms with van der Waals surface area (Å²) in [6.45, 7) is 5.44. The highest BCUT2D eigenvalue weighted by Gasteiger charge is 2.35. The third-order valence-corrected chi connectivity index (χ3v) is 12.9. The molecule has 0 saturated heterocycles. The van der Waals surface area contributed by atoms with Crippen molar-refractivity contribution >= 4 is 45.6 Å². The Morgan fingerprint density at radius 1 is 1.04 bits per heavy atom. The standard InChI is InChI=1S/C38H53N7O8S2/c1-5-25(2)34(43-37(48)44(4)22-30-24-54-36(41-30)26(3)40-38(49)50)35(47)42-32(19-27-11-7-6-8-12-27)33(46)23-45(21-29-13-9-10-14-29)55(52,53)31-17-15-28(16-18-31)20-39-51/h6-8,11-12,15-18,20,24-26,29,32-34,40,46,51H,5,9-10,13-14,19,21-23H2,1-4H3,(H,42,47)(H,43,48)(H,49,50)/t25-,26-,32-,33+,34-/m0/s1. The highest BCUT2D eigenvalue weighted by atomic mass is 32.2. The number of nitrogens with zero attached hydrogens (tertiary/aromatic N) is 4. The van der Waals surface area contributed by atoms with E-state index in [0.717, 1.165) is 31.2 Å². The summed E-state index contributed by atoms with van der Waals surface area (Å²) in [4.78, 5) is 44.5. The minimum atomic E-state index is -4.09. The zero-order chi connectivity index (χ0) is 40.1. The maximum atomic E-state index is 14.1. The first-order valence-corrected chi connectivity index (χ1v) is 20.8. The Balaban J connectivity index is 1.54. The van der Waals surface area contributed by atoms with Crippen LogP contribution >= 0.6 is 11.3 Å². The van der Waals surface area contributed by atoms with E-state index < -0.39 is 52.3 Å². The minimum Gasteiger partial charge on any atom is -0.465 e. The van der Waals surface area contributed by atoms with Crippen molar-refractivity contribution in [3.63, 3.8) is 0 Å². The Morgan fingerprint density at radius 2 is 1.71 bits per heavy atom. The van der Waals surface area contributed by atoms with Gasteiger partial charge in [-0.3, -0.25) is 4.79 Å². The smallest absolute Gasteiger partial charge is 0.405 e. The Morgan fingerprint density at radius 3 is 2.33 bits per heavy atom. The molecule has 1 aromatic heterocycles. The average Bonchev–Trinajstić information content (AvgIpc) is 3.86. The van der Waals surface area contributed by atoms with Gasteiger partial charge in [-0.05, 0) is 61.3 Å². The van der Waals surface area contributed by atoms with E-state index in [4.69, 9.17) is 10.3 Å². The zero-order valence-corrected chi connectivity index (χ0v) is 33.3. The van der Waals surface area contributed by atoms with Gasteiger partial charge in [0.25, 0.3) is 0 Å². The Bertz CT molecular complexity index is 1840. The van der Waals surface area contributed by atoms with Crippen LogP contribution in [0.1, 0.15) is 80.7 Å². The molecule has 1 fully saturated rings. The fourth-order valence-electron chi connectivity index (χ4n) is 6.55. The molecule has 17 heteroatoms. The van der Waals surface area contributed by atoms with Crippen molar-refractivity contribution in [2.24, 2.45) is 17.0 Å². The van der Waals surface area contributed by atoms with E-state index in [9.17, 15) is 27.9 Å². The minimum absolute atomic E-state index is 0.0282. The SMILES string of the molecule is CC[C@H](C)[C@H](NC(=O)N(C)Cc1csc([C@H](C)NC(=O)O)n1)C(=O)N[C@@H](Cc1ccccc1)[C@H](O)CN(CC1CCCC1)S(=O)(=O)c1ccc(C=NO)cc1. The number of thiazole rings is 1. The van der Waals surface area contributed by atoms with Crippen LogP contribution in [0, 0.1) is 11.8 Å².